The molecule has 1 amide bonds. The first kappa shape index (κ1) is 21.0. The highest BCUT2D eigenvalue weighted by molar-refractivity contribution is 7.99. The Morgan fingerprint density at radius 2 is 2.29 bits per heavy atom. The number of nitrogens with two attached hydrogens (primary N) is 1. The van der Waals surface area contributed by atoms with Gasteiger partial charge in [0.2, 0.25) is 6.41 Å². The summed E-state index contributed by atoms with van der Waals surface area (Å²) in [6.45, 7) is 1.55. The predicted octanol–water partition coefficient (Wildman–Crippen LogP) is 2.95. The third kappa shape index (κ3) is 4.30. The Labute approximate surface area is 185 Å². The number of methoxy groups -OCH3 is 1. The molecule has 1 saturated heterocycles. The Balaban J connectivity index is 1.63. The van der Waals surface area contributed by atoms with Gasteiger partial charge in [-0.25, -0.2) is 15.0 Å². The topological polar surface area (TPSA) is 99.2 Å². The summed E-state index contributed by atoms with van der Waals surface area (Å²) < 4.78 is 7.41. The highest BCUT2D eigenvalue weighted by atomic mass is 32.2. The maximum absolute atomic E-state index is 11.2. The second-order valence-electron chi connectivity index (χ2n) is 7.37. The molecule has 31 heavy (non-hydrogen) atoms. The highest BCUT2D eigenvalue weighted by Gasteiger charge is 2.23. The Morgan fingerprint density at radius 1 is 1.42 bits per heavy atom. The van der Waals surface area contributed by atoms with E-state index in [2.05, 4.69) is 20.5 Å². The average molecular weight is 437 g/mol. The summed E-state index contributed by atoms with van der Waals surface area (Å²) in [5.41, 5.74) is 8.09. The maximum Gasteiger partial charge on any atom is 0.209 e. The number of ether oxygens (including phenoxy) is 1. The van der Waals surface area contributed by atoms with E-state index in [0.717, 1.165) is 60.0 Å². The number of carbonyl (C=O) groups is 1. The molecule has 0 radical (unpaired) electrons. The number of fused-ring (bicyclic) bond motifs is 1. The number of hydrogen-bond donors (Lipinski definition) is 1. The van der Waals surface area contributed by atoms with Crippen LogP contribution in [0.4, 0.5) is 5.82 Å². The van der Waals surface area contributed by atoms with E-state index in [9.17, 15) is 4.79 Å². The Hall–Kier alpha value is -3.25. The van der Waals surface area contributed by atoms with Crippen LogP contribution >= 0.6 is 11.8 Å². The number of rotatable bonds is 8. The first-order chi connectivity index (χ1) is 15.1. The van der Waals surface area contributed by atoms with Crippen molar-refractivity contribution in [2.24, 2.45) is 0 Å². The van der Waals surface area contributed by atoms with Gasteiger partial charge in [0.05, 0.1) is 7.11 Å². The minimum Gasteiger partial charge on any atom is -0.497 e. The van der Waals surface area contributed by atoms with E-state index in [1.807, 2.05) is 23.1 Å². The van der Waals surface area contributed by atoms with Gasteiger partial charge in [-0.3, -0.25) is 4.79 Å². The number of aromatic nitrogens is 4. The van der Waals surface area contributed by atoms with Gasteiger partial charge in [-0.2, -0.15) is 0 Å². The van der Waals surface area contributed by atoms with E-state index in [1.54, 1.807) is 7.11 Å². The van der Waals surface area contributed by atoms with E-state index >= 15 is 0 Å². The summed E-state index contributed by atoms with van der Waals surface area (Å²) in [4.78, 5) is 27.2. The number of aryl methyl sites for hydroxylation is 1. The largest absolute Gasteiger partial charge is 0.497 e. The monoisotopic (exact) mass is 436 g/mol. The molecular formula is C22H24N6O2S. The van der Waals surface area contributed by atoms with Crippen LogP contribution in [0.1, 0.15) is 31.2 Å². The normalized spacial score (nSPS) is 15.9. The van der Waals surface area contributed by atoms with Gasteiger partial charge in [-0.1, -0.05) is 17.7 Å². The number of carbonyl (C=O) groups excluding carboxylic acids is 1. The molecule has 3 aromatic rings. The lowest BCUT2D eigenvalue weighted by molar-refractivity contribution is -0.118. The molecule has 0 spiro atoms. The number of nitrogen functional groups attached to an aromatic ring is 1. The van der Waals surface area contributed by atoms with Crippen molar-refractivity contribution in [1.82, 2.24) is 24.4 Å². The molecule has 1 aromatic carbocycles. The van der Waals surface area contributed by atoms with Crippen LogP contribution in [-0.2, 0) is 11.3 Å². The smallest absolute Gasteiger partial charge is 0.209 e. The van der Waals surface area contributed by atoms with Gasteiger partial charge in [0.1, 0.15) is 12.1 Å². The summed E-state index contributed by atoms with van der Waals surface area (Å²) in [5, 5.41) is 0.741. The molecule has 1 aliphatic heterocycles. The van der Waals surface area contributed by atoms with Crippen LogP contribution < -0.4 is 10.5 Å². The van der Waals surface area contributed by atoms with Crippen molar-refractivity contribution in [1.29, 1.82) is 0 Å². The second-order valence-corrected chi connectivity index (χ2v) is 8.38. The van der Waals surface area contributed by atoms with E-state index in [-0.39, 0.29) is 0 Å². The van der Waals surface area contributed by atoms with Crippen LogP contribution in [0.5, 0.6) is 5.75 Å². The van der Waals surface area contributed by atoms with E-state index in [0.29, 0.717) is 29.6 Å². The quantitative estimate of drug-likeness (QED) is 0.428. The zero-order chi connectivity index (χ0) is 21.8. The predicted molar refractivity (Wildman–Crippen MR) is 120 cm³/mol. The summed E-state index contributed by atoms with van der Waals surface area (Å²) in [5.74, 6) is 3.78. The zero-order valence-corrected chi connectivity index (χ0v) is 18.1. The molecule has 3 heterocycles. The molecule has 9 heteroatoms. The molecule has 1 fully saturated rings. The molecule has 1 atom stereocenters. The first-order valence-corrected chi connectivity index (χ1v) is 11.0. The summed E-state index contributed by atoms with van der Waals surface area (Å²) in [6.07, 6.45) is 12.0. The average Bonchev–Trinajstić information content (AvgIpc) is 3.39. The molecule has 0 aliphatic carbocycles. The van der Waals surface area contributed by atoms with Crippen LogP contribution in [0.15, 0.2) is 34.6 Å². The Kier molecular flexibility index (Phi) is 6.28. The first-order valence-electron chi connectivity index (χ1n) is 10.1. The third-order valence-corrected chi connectivity index (χ3v) is 6.60. The molecule has 1 aliphatic rings. The van der Waals surface area contributed by atoms with Gasteiger partial charge >= 0.3 is 0 Å². The molecule has 2 N–H and O–H groups in total. The van der Waals surface area contributed by atoms with Crippen LogP contribution in [0.3, 0.4) is 0 Å². The Morgan fingerprint density at radius 3 is 3.06 bits per heavy atom. The van der Waals surface area contributed by atoms with Gasteiger partial charge in [-0.15, -0.1) is 6.42 Å². The van der Waals surface area contributed by atoms with Crippen LogP contribution in [0, 0.1) is 12.3 Å². The highest BCUT2D eigenvalue weighted by Crippen LogP contribution is 2.35. The fourth-order valence-corrected chi connectivity index (χ4v) is 4.97. The van der Waals surface area contributed by atoms with Crippen molar-refractivity contribution in [2.45, 2.75) is 48.3 Å². The van der Waals surface area contributed by atoms with Crippen molar-refractivity contribution in [2.75, 3.05) is 19.4 Å². The minimum absolute atomic E-state index is 0.300. The molecule has 0 bridgehead atoms. The van der Waals surface area contributed by atoms with Crippen molar-refractivity contribution in [3.05, 3.63) is 30.1 Å². The second kappa shape index (κ2) is 9.27. The lowest BCUT2D eigenvalue weighted by Gasteiger charge is -2.20. The molecular weight excluding hydrogens is 412 g/mol. The van der Waals surface area contributed by atoms with Crippen molar-refractivity contribution >= 4 is 35.2 Å². The maximum atomic E-state index is 11.2. The number of hydrogen-bond acceptors (Lipinski definition) is 7. The fraction of sp³-hybridized carbons (Fsp3) is 0.364. The SMILES string of the molecule is C#Cc1ccc(OC)cc1Sc1nc2c(N)ncnc2n1CCCC1CCCN1C=O. The van der Waals surface area contributed by atoms with Gasteiger partial charge in [0.15, 0.2) is 22.1 Å². The molecule has 0 saturated carbocycles. The number of likely N-dealkylation sites (tertiary alicyclic amines) is 1. The fourth-order valence-electron chi connectivity index (χ4n) is 3.94. The molecule has 160 valence electrons. The van der Waals surface area contributed by atoms with Crippen LogP contribution in [0.2, 0.25) is 0 Å². The number of nitrogens with zero attached hydrogens (tertiary/aromatic N) is 5. The van der Waals surface area contributed by atoms with E-state index < -0.39 is 0 Å². The lowest BCUT2D eigenvalue weighted by Crippen LogP contribution is -2.27. The van der Waals surface area contributed by atoms with E-state index in [1.165, 1.54) is 18.1 Å². The molecule has 4 rings (SSSR count). The van der Waals surface area contributed by atoms with Crippen molar-refractivity contribution in [3.63, 3.8) is 0 Å². The molecule has 8 nitrogen and oxygen atoms in total. The Bertz CT molecular complexity index is 1140. The number of benzene rings is 1. The van der Waals surface area contributed by atoms with Gasteiger partial charge < -0.3 is 19.9 Å². The zero-order valence-electron chi connectivity index (χ0n) is 17.3. The summed E-state index contributed by atoms with van der Waals surface area (Å²) >= 11 is 1.46. The summed E-state index contributed by atoms with van der Waals surface area (Å²) in [7, 11) is 1.62. The number of terminal acetylenes is 1. The van der Waals surface area contributed by atoms with Gasteiger partial charge in [0, 0.05) is 29.6 Å². The lowest BCUT2D eigenvalue weighted by atomic mass is 10.1. The van der Waals surface area contributed by atoms with Crippen LogP contribution in [-0.4, -0.2) is 50.5 Å². The van der Waals surface area contributed by atoms with Gasteiger partial charge in [-0.05, 0) is 43.9 Å². The van der Waals surface area contributed by atoms with Crippen molar-refractivity contribution in [3.8, 4) is 18.1 Å². The molecule has 1 unspecified atom stereocenters. The summed E-state index contributed by atoms with van der Waals surface area (Å²) in [6, 6.07) is 5.90. The van der Waals surface area contributed by atoms with Crippen LogP contribution in [0.25, 0.3) is 11.2 Å². The van der Waals surface area contributed by atoms with Gasteiger partial charge in [0.25, 0.3) is 0 Å². The van der Waals surface area contributed by atoms with E-state index in [4.69, 9.17) is 21.9 Å². The number of amides is 1. The molecule has 2 aromatic heterocycles. The standard InChI is InChI=1S/C22H24N6O2S/c1-3-15-8-9-17(30-2)12-18(15)31-22-26-19-20(23)24-13-25-21(19)28(22)11-5-7-16-6-4-10-27(16)14-29/h1,8-9,12-14,16H,4-7,10-11H2,2H3,(H2,23,24,25). The minimum atomic E-state index is 0.300. The third-order valence-electron chi connectivity index (χ3n) is 5.55. The van der Waals surface area contributed by atoms with Crippen molar-refractivity contribution < 1.29 is 9.53 Å². The number of anilines is 1. The number of imidazole rings is 1.